The molecule has 0 bridgehead atoms. The number of hydrogen-bond acceptors (Lipinski definition) is 2. The average molecular weight is 235 g/mol. The van der Waals surface area contributed by atoms with Crippen LogP contribution in [0.25, 0.3) is 0 Å². The molecule has 2 N–H and O–H groups in total. The molecule has 0 spiro atoms. The first-order valence-electron chi connectivity index (χ1n) is 6.95. The molecule has 96 valence electrons. The Kier molecular flexibility index (Phi) is 4.21. The van der Waals surface area contributed by atoms with Crippen LogP contribution in [0.2, 0.25) is 0 Å². The summed E-state index contributed by atoms with van der Waals surface area (Å²) in [7, 11) is 0. The van der Waals surface area contributed by atoms with Gasteiger partial charge in [-0.05, 0) is 25.2 Å². The number of nitrogens with two attached hydrogens (primary N) is 1. The summed E-state index contributed by atoms with van der Waals surface area (Å²) < 4.78 is 2.34. The van der Waals surface area contributed by atoms with Crippen LogP contribution in [0.4, 0.5) is 0 Å². The summed E-state index contributed by atoms with van der Waals surface area (Å²) in [6.45, 7) is 4.45. The lowest BCUT2D eigenvalue weighted by atomic mass is 9.94. The minimum Gasteiger partial charge on any atom is -0.330 e. The molecule has 1 unspecified atom stereocenters. The summed E-state index contributed by atoms with van der Waals surface area (Å²) in [5.41, 5.74) is 7.51. The molecule has 3 heteroatoms. The molecule has 1 aliphatic carbocycles. The molecule has 1 atom stereocenters. The van der Waals surface area contributed by atoms with Crippen molar-refractivity contribution in [3.8, 4) is 0 Å². The standard InChI is InChI=1S/C14H25N3/c1-11(2)8-13(15)14-9-16-10-17(14)12-6-4-3-5-7-12/h9-13H,3-8,15H2,1-2H3. The van der Waals surface area contributed by atoms with Gasteiger partial charge in [-0.3, -0.25) is 0 Å². The fourth-order valence-electron chi connectivity index (χ4n) is 2.89. The van der Waals surface area contributed by atoms with Gasteiger partial charge in [0.15, 0.2) is 0 Å². The van der Waals surface area contributed by atoms with Gasteiger partial charge in [0, 0.05) is 18.3 Å². The molecule has 1 aliphatic rings. The highest BCUT2D eigenvalue weighted by molar-refractivity contribution is 5.06. The number of imidazole rings is 1. The zero-order chi connectivity index (χ0) is 12.3. The maximum Gasteiger partial charge on any atom is 0.0951 e. The van der Waals surface area contributed by atoms with Crippen LogP contribution in [0, 0.1) is 5.92 Å². The second-order valence-electron chi connectivity index (χ2n) is 5.75. The van der Waals surface area contributed by atoms with E-state index in [1.165, 1.54) is 37.8 Å². The molecule has 0 saturated heterocycles. The van der Waals surface area contributed by atoms with Gasteiger partial charge in [0.1, 0.15) is 0 Å². The molecule has 1 fully saturated rings. The van der Waals surface area contributed by atoms with Crippen LogP contribution in [-0.2, 0) is 0 Å². The Balaban J connectivity index is 2.09. The van der Waals surface area contributed by atoms with E-state index in [1.807, 2.05) is 12.5 Å². The SMILES string of the molecule is CC(C)CC(N)c1cncn1C1CCCCC1. The average Bonchev–Trinajstić information content (AvgIpc) is 2.78. The van der Waals surface area contributed by atoms with Crippen molar-refractivity contribution < 1.29 is 0 Å². The second-order valence-corrected chi connectivity index (χ2v) is 5.75. The van der Waals surface area contributed by atoms with Crippen LogP contribution in [0.3, 0.4) is 0 Å². The van der Waals surface area contributed by atoms with Crippen molar-refractivity contribution in [1.82, 2.24) is 9.55 Å². The van der Waals surface area contributed by atoms with Gasteiger partial charge in [0.25, 0.3) is 0 Å². The summed E-state index contributed by atoms with van der Waals surface area (Å²) in [6.07, 6.45) is 11.6. The van der Waals surface area contributed by atoms with E-state index in [2.05, 4.69) is 23.4 Å². The van der Waals surface area contributed by atoms with Gasteiger partial charge in [0.2, 0.25) is 0 Å². The second kappa shape index (κ2) is 5.67. The van der Waals surface area contributed by atoms with Gasteiger partial charge >= 0.3 is 0 Å². The monoisotopic (exact) mass is 235 g/mol. The smallest absolute Gasteiger partial charge is 0.0951 e. The molecule has 0 amide bonds. The van der Waals surface area contributed by atoms with Gasteiger partial charge in [-0.1, -0.05) is 33.1 Å². The first-order valence-corrected chi connectivity index (χ1v) is 6.95. The molecular formula is C14H25N3. The van der Waals surface area contributed by atoms with E-state index in [9.17, 15) is 0 Å². The highest BCUT2D eigenvalue weighted by Gasteiger charge is 2.20. The van der Waals surface area contributed by atoms with Crippen molar-refractivity contribution in [3.05, 3.63) is 18.2 Å². The minimum absolute atomic E-state index is 0.138. The third-order valence-corrected chi connectivity index (χ3v) is 3.77. The van der Waals surface area contributed by atoms with Crippen molar-refractivity contribution in [2.24, 2.45) is 11.7 Å². The summed E-state index contributed by atoms with van der Waals surface area (Å²) in [5.74, 6) is 0.639. The van der Waals surface area contributed by atoms with Crippen molar-refractivity contribution in [1.29, 1.82) is 0 Å². The summed E-state index contributed by atoms with van der Waals surface area (Å²) in [5, 5.41) is 0. The fraction of sp³-hybridized carbons (Fsp3) is 0.786. The van der Waals surface area contributed by atoms with Crippen LogP contribution in [-0.4, -0.2) is 9.55 Å². The van der Waals surface area contributed by atoms with Crippen molar-refractivity contribution in [2.45, 2.75) is 64.5 Å². The van der Waals surface area contributed by atoms with Gasteiger partial charge in [-0.15, -0.1) is 0 Å². The third kappa shape index (κ3) is 3.09. The van der Waals surface area contributed by atoms with E-state index < -0.39 is 0 Å². The highest BCUT2D eigenvalue weighted by Crippen LogP contribution is 2.31. The van der Waals surface area contributed by atoms with E-state index in [1.54, 1.807) is 0 Å². The molecule has 1 heterocycles. The van der Waals surface area contributed by atoms with Gasteiger partial charge in [0.05, 0.1) is 12.0 Å². The van der Waals surface area contributed by atoms with Crippen molar-refractivity contribution in [3.63, 3.8) is 0 Å². The Morgan fingerprint density at radius 3 is 2.71 bits per heavy atom. The molecule has 0 aromatic carbocycles. The first kappa shape index (κ1) is 12.6. The number of rotatable bonds is 4. The summed E-state index contributed by atoms with van der Waals surface area (Å²) in [4.78, 5) is 4.31. The zero-order valence-corrected chi connectivity index (χ0v) is 11.1. The van der Waals surface area contributed by atoms with Crippen LogP contribution in [0.5, 0.6) is 0 Å². The summed E-state index contributed by atoms with van der Waals surface area (Å²) in [6, 6.07) is 0.777. The van der Waals surface area contributed by atoms with Gasteiger partial charge < -0.3 is 10.3 Å². The first-order chi connectivity index (χ1) is 8.18. The highest BCUT2D eigenvalue weighted by atomic mass is 15.1. The van der Waals surface area contributed by atoms with Crippen LogP contribution in [0.1, 0.15) is 70.2 Å². The van der Waals surface area contributed by atoms with Gasteiger partial charge in [-0.25, -0.2) is 4.98 Å². The van der Waals surface area contributed by atoms with E-state index in [-0.39, 0.29) is 6.04 Å². The Labute approximate surface area is 104 Å². The van der Waals surface area contributed by atoms with E-state index in [4.69, 9.17) is 5.73 Å². The molecular weight excluding hydrogens is 210 g/mol. The molecule has 2 rings (SSSR count). The molecule has 17 heavy (non-hydrogen) atoms. The van der Waals surface area contributed by atoms with Crippen LogP contribution >= 0.6 is 0 Å². The predicted octanol–water partition coefficient (Wildman–Crippen LogP) is 3.43. The van der Waals surface area contributed by atoms with E-state index in [0.29, 0.717) is 12.0 Å². The molecule has 0 radical (unpaired) electrons. The predicted molar refractivity (Wildman–Crippen MR) is 70.7 cm³/mol. The topological polar surface area (TPSA) is 43.8 Å². The molecule has 1 aromatic rings. The van der Waals surface area contributed by atoms with E-state index >= 15 is 0 Å². The maximum absolute atomic E-state index is 6.29. The number of aromatic nitrogens is 2. The lowest BCUT2D eigenvalue weighted by molar-refractivity contribution is 0.337. The Bertz CT molecular complexity index is 337. The normalized spacial score (nSPS) is 19.8. The van der Waals surface area contributed by atoms with Gasteiger partial charge in [-0.2, -0.15) is 0 Å². The van der Waals surface area contributed by atoms with E-state index in [0.717, 1.165) is 6.42 Å². The van der Waals surface area contributed by atoms with Crippen molar-refractivity contribution in [2.75, 3.05) is 0 Å². The fourth-order valence-corrected chi connectivity index (χ4v) is 2.89. The lowest BCUT2D eigenvalue weighted by Gasteiger charge is -2.26. The largest absolute Gasteiger partial charge is 0.330 e. The minimum atomic E-state index is 0.138. The molecule has 3 nitrogen and oxygen atoms in total. The quantitative estimate of drug-likeness (QED) is 0.868. The van der Waals surface area contributed by atoms with Crippen LogP contribution < -0.4 is 5.73 Å². The molecule has 1 saturated carbocycles. The molecule has 0 aliphatic heterocycles. The summed E-state index contributed by atoms with van der Waals surface area (Å²) >= 11 is 0. The molecule has 1 aromatic heterocycles. The third-order valence-electron chi connectivity index (χ3n) is 3.77. The Morgan fingerprint density at radius 2 is 2.06 bits per heavy atom. The number of hydrogen-bond donors (Lipinski definition) is 1. The lowest BCUT2D eigenvalue weighted by Crippen LogP contribution is -2.21. The van der Waals surface area contributed by atoms with Crippen molar-refractivity contribution >= 4 is 0 Å². The zero-order valence-electron chi connectivity index (χ0n) is 11.1. The number of nitrogens with zero attached hydrogens (tertiary/aromatic N) is 2. The maximum atomic E-state index is 6.29. The Hall–Kier alpha value is -0.830. The Morgan fingerprint density at radius 1 is 1.35 bits per heavy atom. The van der Waals surface area contributed by atoms with Crippen LogP contribution in [0.15, 0.2) is 12.5 Å².